The van der Waals surface area contributed by atoms with E-state index in [1.807, 2.05) is 0 Å². The van der Waals surface area contributed by atoms with Crippen molar-refractivity contribution >= 4 is 52.1 Å². The highest BCUT2D eigenvalue weighted by Gasteiger charge is 2.81. The molecule has 2 aromatic rings. The number of Topliss-reactive ketones (excluding diaryl/α,β-unsaturated/α-hetero) is 2. The molecule has 5 N–H and O–H groups in total. The summed E-state index contributed by atoms with van der Waals surface area (Å²) in [5, 5.41) is 61.2. The van der Waals surface area contributed by atoms with Crippen molar-refractivity contribution in [3.63, 3.8) is 0 Å². The second-order valence-electron chi connectivity index (χ2n) is 30.6. The molecular formula is C75H110O21Si2. The third kappa shape index (κ3) is 12.4. The Bertz CT molecular complexity index is 3320. The number of esters is 4. The van der Waals surface area contributed by atoms with Gasteiger partial charge in [-0.05, 0) is 123 Å². The van der Waals surface area contributed by atoms with Crippen LogP contribution in [0.2, 0.25) is 36.3 Å². The van der Waals surface area contributed by atoms with Gasteiger partial charge in [0.15, 0.2) is 39.4 Å². The second kappa shape index (κ2) is 28.8. The predicted octanol–water partition coefficient (Wildman–Crippen LogP) is 9.67. The molecule has 21 nitrogen and oxygen atoms in total. The zero-order valence-corrected chi connectivity index (χ0v) is 62.8. The Hall–Kier alpha value is -4.87. The summed E-state index contributed by atoms with van der Waals surface area (Å²) in [6.45, 7) is 30.8. The van der Waals surface area contributed by atoms with Crippen molar-refractivity contribution in [1.82, 2.24) is 0 Å². The lowest BCUT2D eigenvalue weighted by atomic mass is 9.44. The van der Waals surface area contributed by atoms with Crippen LogP contribution in [0.5, 0.6) is 0 Å². The first-order valence-electron chi connectivity index (χ1n) is 35.6. The maximum Gasteiger partial charge on any atom is 0.338 e. The smallest absolute Gasteiger partial charge is 0.338 e. The largest absolute Gasteiger partial charge is 0.455 e. The Balaban J connectivity index is 0.000000214. The molecule has 4 bridgehead atoms. The average Bonchev–Trinajstić information content (AvgIpc) is 0.743. The summed E-state index contributed by atoms with van der Waals surface area (Å²) < 4.78 is 62.8. The van der Waals surface area contributed by atoms with E-state index in [1.165, 1.54) is 33.8 Å². The fraction of sp³-hybridized carbons (Fsp3) is 0.707. The van der Waals surface area contributed by atoms with Gasteiger partial charge in [0.05, 0.1) is 71.4 Å². The number of ether oxygens (including phenoxy) is 8. The summed E-state index contributed by atoms with van der Waals surface area (Å²) in [4.78, 5) is 84.4. The zero-order valence-electron chi connectivity index (χ0n) is 60.8. The highest BCUT2D eigenvalue weighted by molar-refractivity contribution is 6.74. The maximum absolute atomic E-state index is 15.5. The van der Waals surface area contributed by atoms with Crippen LogP contribution >= 0.6 is 0 Å². The fourth-order valence-corrected chi connectivity index (χ4v) is 24.8. The summed E-state index contributed by atoms with van der Waals surface area (Å²) in [5.74, 6) is -5.92. The number of methoxy groups -OCH3 is 1. The van der Waals surface area contributed by atoms with Crippen molar-refractivity contribution in [1.29, 1.82) is 0 Å². The lowest BCUT2D eigenvalue weighted by Crippen LogP contribution is -2.82. The molecular weight excluding hydrogens is 1290 g/mol. The van der Waals surface area contributed by atoms with Crippen molar-refractivity contribution in [2.24, 2.45) is 33.5 Å². The number of carbonyl (C=O) groups excluding carboxylic acids is 6. The monoisotopic (exact) mass is 1400 g/mol. The van der Waals surface area contributed by atoms with Gasteiger partial charge in [-0.1, -0.05) is 106 Å². The van der Waals surface area contributed by atoms with Gasteiger partial charge in [0.2, 0.25) is 0 Å². The van der Waals surface area contributed by atoms with E-state index in [9.17, 15) is 44.7 Å². The Labute approximate surface area is 580 Å². The number of benzene rings is 2. The molecule has 9 aliphatic rings. The van der Waals surface area contributed by atoms with Crippen LogP contribution in [-0.2, 0) is 65.9 Å². The Morgan fingerprint density at radius 2 is 0.908 bits per heavy atom. The van der Waals surface area contributed by atoms with Gasteiger partial charge in [0.25, 0.3) is 0 Å². The molecule has 3 aliphatic heterocycles. The summed E-state index contributed by atoms with van der Waals surface area (Å²) in [7, 11) is -3.36. The maximum atomic E-state index is 15.5. The van der Waals surface area contributed by atoms with Crippen LogP contribution in [0, 0.1) is 33.5 Å². The van der Waals surface area contributed by atoms with E-state index in [2.05, 4.69) is 41.5 Å². The molecule has 7 fully saturated rings. The van der Waals surface area contributed by atoms with Crippen LogP contribution < -0.4 is 0 Å². The van der Waals surface area contributed by atoms with Crippen molar-refractivity contribution in [2.75, 3.05) is 33.5 Å². The van der Waals surface area contributed by atoms with E-state index in [-0.39, 0.29) is 61.4 Å². The first kappa shape index (κ1) is 77.3. The number of aliphatic hydroxyl groups is 5. The zero-order chi connectivity index (χ0) is 72.3. The molecule has 6 aliphatic carbocycles. The lowest BCUT2D eigenvalue weighted by Gasteiger charge is -2.68. The summed E-state index contributed by atoms with van der Waals surface area (Å²) >= 11 is 0. The molecule has 3 heterocycles. The van der Waals surface area contributed by atoms with E-state index < -0.39 is 163 Å². The molecule has 23 heteroatoms. The lowest BCUT2D eigenvalue weighted by molar-refractivity contribution is -0.344. The second-order valence-corrected chi connectivity index (χ2v) is 40.0. The van der Waals surface area contributed by atoms with Crippen LogP contribution in [0.4, 0.5) is 0 Å². The quantitative estimate of drug-likeness (QED) is 0.0426. The molecule has 11 rings (SSSR count). The molecule has 0 unspecified atom stereocenters. The van der Waals surface area contributed by atoms with Crippen molar-refractivity contribution in [2.45, 2.75) is 269 Å². The van der Waals surface area contributed by atoms with E-state index in [4.69, 9.17) is 46.7 Å². The van der Waals surface area contributed by atoms with E-state index in [0.29, 0.717) is 16.7 Å². The Morgan fingerprint density at radius 1 is 0.551 bits per heavy atom. The van der Waals surface area contributed by atoms with Crippen LogP contribution in [-0.4, -0.2) is 195 Å². The molecule has 98 heavy (non-hydrogen) atoms. The number of hydrogen-bond acceptors (Lipinski definition) is 21. The van der Waals surface area contributed by atoms with Gasteiger partial charge in [0, 0.05) is 70.7 Å². The van der Waals surface area contributed by atoms with Crippen molar-refractivity contribution < 1.29 is 101 Å². The SMILES string of the molecule is C1CCOC1.CC[Si](CC)(CC)O[C@H]1C[C@H]2OC[C@@]2(OC(C)=O)[C@H]2[C@H](OC(=O)c3ccccc3)[C@]3(O)C[C@H](O)C(C)=C([C@@H](O)C(=O)[C@]12C)C3(C)C.CC[Si](CC)(CC)O[C@H]1C[C@H]2OC[C@@]2(OC(C)=O)[C@H]2[C@H](OC(=O)c3ccccc3)[C@]3(O)C[C@H](O)C(C)=C([C@@H](OC)C(=O)[C@]12C)C3(C)C. The van der Waals surface area contributed by atoms with Crippen LogP contribution in [0.3, 0.4) is 0 Å². The number of hydrogen-bond donors (Lipinski definition) is 5. The topological polar surface area (TPSA) is 296 Å². The first-order chi connectivity index (χ1) is 46.0. The summed E-state index contributed by atoms with van der Waals surface area (Å²) in [5.41, 5.74) is -10.6. The summed E-state index contributed by atoms with van der Waals surface area (Å²) in [6.07, 6.45) is -8.58. The minimum atomic E-state index is -2.42. The molecule has 3 saturated heterocycles. The van der Waals surface area contributed by atoms with E-state index >= 15 is 9.59 Å². The highest BCUT2D eigenvalue weighted by Crippen LogP contribution is 2.67. The highest BCUT2D eigenvalue weighted by atomic mass is 28.4. The van der Waals surface area contributed by atoms with Gasteiger partial charge in [-0.25, -0.2) is 9.59 Å². The average molecular weight is 1400 g/mol. The molecule has 0 radical (unpaired) electrons. The van der Waals surface area contributed by atoms with Crippen molar-refractivity contribution in [3.8, 4) is 0 Å². The molecule has 0 aromatic heterocycles. The minimum absolute atomic E-state index is 0.0623. The number of fused-ring (bicyclic) bond motifs is 10. The molecule has 4 saturated carbocycles. The van der Waals surface area contributed by atoms with Gasteiger partial charge >= 0.3 is 23.9 Å². The standard InChI is InChI=1S/C36H52O10Si.C35H50O10Si.C4H8O/c1-10-47(11-2,12-3)46-25-18-26-35(20-43-26,45-22(5)37)29-31(44-32(40)23-16-14-13-15-17-23)36(41)19-24(38)21(4)27(33(36,6)7)28(42-9)30(39)34(25,29)8;1-9-46(10-2,11-3)45-24-17-25-34(19-42-25,44-21(5)36)28-30(43-31(40)22-15-13-12-14-16-22)35(41)18-23(37)20(4)26(32(35,6)7)27(38)29(39)33(24,28)8;1-2-4-5-3-1/h13-17,24-26,28-29,31,38,41H,10-12,18-20H2,1-9H3;12-16,23-25,27-28,30,37-38,41H,9-11,17-19H2,1-8H3;1-4H2/t24-,25-,26+,28+,29-,31-,34+,35-,36+;23-,24-,25+,27+,28-,30-,33+,34-,35+;/m00./s1. The van der Waals surface area contributed by atoms with Gasteiger partial charge in [-0.2, -0.15) is 0 Å². The normalized spacial score (nSPS) is 37.4. The number of carbonyl (C=O) groups is 6. The van der Waals surface area contributed by atoms with Crippen LogP contribution in [0.25, 0.3) is 0 Å². The first-order valence-corrected chi connectivity index (χ1v) is 40.7. The van der Waals surface area contributed by atoms with Crippen LogP contribution in [0.15, 0.2) is 83.0 Å². The van der Waals surface area contributed by atoms with E-state index in [1.54, 1.807) is 116 Å². The third-order valence-corrected chi connectivity index (χ3v) is 34.8. The molecule has 18 atom stereocenters. The molecule has 2 aromatic carbocycles. The molecule has 0 amide bonds. The predicted molar refractivity (Wildman–Crippen MR) is 367 cm³/mol. The van der Waals surface area contributed by atoms with E-state index in [0.717, 1.165) is 49.5 Å². The molecule has 0 spiro atoms. The number of rotatable bonds is 17. The van der Waals surface area contributed by atoms with Gasteiger partial charge in [-0.3, -0.25) is 19.2 Å². The number of aliphatic hydroxyl groups excluding tert-OH is 3. The summed E-state index contributed by atoms with van der Waals surface area (Å²) in [6, 6.07) is 21.6. The van der Waals surface area contributed by atoms with Crippen molar-refractivity contribution in [3.05, 3.63) is 94.1 Å². The fourth-order valence-electron chi connectivity index (χ4n) is 18.9. The van der Waals surface area contributed by atoms with Gasteiger partial charge < -0.3 is 72.3 Å². The Morgan fingerprint density at radius 3 is 1.22 bits per heavy atom. The minimum Gasteiger partial charge on any atom is -0.455 e. The van der Waals surface area contributed by atoms with Crippen LogP contribution in [0.1, 0.15) is 170 Å². The Kier molecular flexibility index (Phi) is 22.7. The number of ketones is 2. The third-order valence-electron chi connectivity index (χ3n) is 25.5. The van der Waals surface area contributed by atoms with Gasteiger partial charge in [0.1, 0.15) is 47.8 Å². The molecule has 544 valence electrons. The van der Waals surface area contributed by atoms with Gasteiger partial charge in [-0.15, -0.1) is 0 Å².